The Hall–Kier alpha value is -2.56. The molecule has 0 spiro atoms. The molecule has 1 aliphatic carbocycles. The van der Waals surface area contributed by atoms with E-state index in [1.165, 1.54) is 11.0 Å². The summed E-state index contributed by atoms with van der Waals surface area (Å²) in [5.41, 5.74) is 0.795. The number of carboxylic acid groups (broad SMARTS) is 1. The van der Waals surface area contributed by atoms with Gasteiger partial charge in [0.05, 0.1) is 19.1 Å². The molecule has 140 valence electrons. The molecule has 2 atom stereocenters. The lowest BCUT2D eigenvalue weighted by atomic mass is 9.95. The molecule has 3 rings (SSSR count). The second-order valence-corrected chi connectivity index (χ2v) is 6.72. The SMILES string of the molecule is N#CC[C@@H]1CC(c2ccc(OC(F)F)c(OCC3CC3)c2)CN1C(=O)O. The molecule has 26 heavy (non-hydrogen) atoms. The van der Waals surface area contributed by atoms with Gasteiger partial charge in [0, 0.05) is 18.5 Å². The molecular formula is C18H20F2N2O4. The van der Waals surface area contributed by atoms with Crippen molar-refractivity contribution in [3.8, 4) is 17.6 Å². The number of rotatable bonds is 7. The van der Waals surface area contributed by atoms with Gasteiger partial charge < -0.3 is 19.5 Å². The summed E-state index contributed by atoms with van der Waals surface area (Å²) >= 11 is 0. The van der Waals surface area contributed by atoms with Gasteiger partial charge in [-0.1, -0.05) is 6.07 Å². The number of nitriles is 1. The van der Waals surface area contributed by atoms with Gasteiger partial charge in [-0.3, -0.25) is 0 Å². The Morgan fingerprint density at radius 1 is 1.38 bits per heavy atom. The van der Waals surface area contributed by atoms with Crippen molar-refractivity contribution in [2.24, 2.45) is 5.92 Å². The summed E-state index contributed by atoms with van der Waals surface area (Å²) in [5, 5.41) is 18.2. The first-order chi connectivity index (χ1) is 12.5. The van der Waals surface area contributed by atoms with Crippen LogP contribution < -0.4 is 9.47 Å². The molecule has 2 fully saturated rings. The Labute approximate surface area is 149 Å². The summed E-state index contributed by atoms with van der Waals surface area (Å²) in [7, 11) is 0. The maximum Gasteiger partial charge on any atom is 0.407 e. The van der Waals surface area contributed by atoms with Gasteiger partial charge in [0.25, 0.3) is 0 Å². The molecule has 1 unspecified atom stereocenters. The lowest BCUT2D eigenvalue weighted by Crippen LogP contribution is -2.34. The van der Waals surface area contributed by atoms with Crippen LogP contribution in [0.1, 0.15) is 37.2 Å². The molecule has 1 saturated carbocycles. The molecule has 1 saturated heterocycles. The molecule has 2 aliphatic rings. The van der Waals surface area contributed by atoms with Gasteiger partial charge in [-0.05, 0) is 42.9 Å². The highest BCUT2D eigenvalue weighted by atomic mass is 19.3. The van der Waals surface area contributed by atoms with Gasteiger partial charge in [-0.15, -0.1) is 0 Å². The summed E-state index contributed by atoms with van der Waals surface area (Å²) in [5.74, 6) is 0.562. The Balaban J connectivity index is 1.79. The number of hydrogen-bond donors (Lipinski definition) is 1. The number of alkyl halides is 2. The van der Waals surface area contributed by atoms with Crippen LogP contribution in [0, 0.1) is 17.2 Å². The van der Waals surface area contributed by atoms with E-state index in [4.69, 9.17) is 10.00 Å². The number of likely N-dealkylation sites (tertiary alicyclic amines) is 1. The van der Waals surface area contributed by atoms with Crippen molar-refractivity contribution in [3.05, 3.63) is 23.8 Å². The Morgan fingerprint density at radius 2 is 2.15 bits per heavy atom. The van der Waals surface area contributed by atoms with E-state index in [-0.39, 0.29) is 36.4 Å². The predicted octanol–water partition coefficient (Wildman–Crippen LogP) is 3.83. The second kappa shape index (κ2) is 7.77. The lowest BCUT2D eigenvalue weighted by molar-refractivity contribution is -0.0515. The van der Waals surface area contributed by atoms with Crippen LogP contribution >= 0.6 is 0 Å². The standard InChI is InChI=1S/C18H20F2N2O4/c19-17(20)26-15-4-3-12(8-16(15)25-10-11-1-2-11)13-7-14(5-6-21)22(9-13)18(23)24/h3-4,8,11,13-14,17H,1-2,5,7,9-10H2,(H,23,24)/t13?,14-/m1/s1. The summed E-state index contributed by atoms with van der Waals surface area (Å²) in [4.78, 5) is 12.6. The Bertz CT molecular complexity index is 703. The quantitative estimate of drug-likeness (QED) is 0.793. The van der Waals surface area contributed by atoms with Gasteiger partial charge in [0.15, 0.2) is 11.5 Å². The molecule has 6 nitrogen and oxygen atoms in total. The largest absolute Gasteiger partial charge is 0.489 e. The molecule has 1 amide bonds. The molecular weight excluding hydrogens is 346 g/mol. The van der Waals surface area contributed by atoms with Gasteiger partial charge in [-0.25, -0.2) is 4.79 Å². The fourth-order valence-corrected chi connectivity index (χ4v) is 3.27. The monoisotopic (exact) mass is 366 g/mol. The average molecular weight is 366 g/mol. The van der Waals surface area contributed by atoms with Crippen molar-refractivity contribution in [1.82, 2.24) is 4.90 Å². The predicted molar refractivity (Wildman–Crippen MR) is 87.4 cm³/mol. The molecule has 1 N–H and O–H groups in total. The van der Waals surface area contributed by atoms with E-state index in [1.54, 1.807) is 12.1 Å². The number of amides is 1. The van der Waals surface area contributed by atoms with Crippen molar-refractivity contribution in [1.29, 1.82) is 5.26 Å². The highest BCUT2D eigenvalue weighted by Crippen LogP contribution is 2.39. The Kier molecular flexibility index (Phi) is 5.45. The van der Waals surface area contributed by atoms with Crippen LogP contribution in [-0.4, -0.2) is 41.9 Å². The van der Waals surface area contributed by atoms with Crippen molar-refractivity contribution in [3.63, 3.8) is 0 Å². The van der Waals surface area contributed by atoms with Gasteiger partial charge in [0.2, 0.25) is 0 Å². The van der Waals surface area contributed by atoms with Crippen LogP contribution in [-0.2, 0) is 0 Å². The number of ether oxygens (including phenoxy) is 2. The van der Waals surface area contributed by atoms with Gasteiger partial charge >= 0.3 is 12.7 Å². The first-order valence-corrected chi connectivity index (χ1v) is 8.56. The molecule has 1 heterocycles. The zero-order valence-corrected chi connectivity index (χ0v) is 14.1. The topological polar surface area (TPSA) is 82.8 Å². The Morgan fingerprint density at radius 3 is 2.77 bits per heavy atom. The minimum absolute atomic E-state index is 0.0222. The van der Waals surface area contributed by atoms with E-state index in [2.05, 4.69) is 4.74 Å². The van der Waals surface area contributed by atoms with E-state index in [9.17, 15) is 18.7 Å². The molecule has 1 aliphatic heterocycles. The van der Waals surface area contributed by atoms with Crippen LogP contribution in [0.3, 0.4) is 0 Å². The average Bonchev–Trinajstić information content (AvgIpc) is 3.32. The smallest absolute Gasteiger partial charge is 0.407 e. The molecule has 1 aromatic rings. The number of carbonyl (C=O) groups is 1. The summed E-state index contributed by atoms with van der Waals surface area (Å²) in [6.45, 7) is -2.23. The third-order valence-corrected chi connectivity index (χ3v) is 4.81. The van der Waals surface area contributed by atoms with Gasteiger partial charge in [-0.2, -0.15) is 14.0 Å². The van der Waals surface area contributed by atoms with Crippen LogP contribution in [0.4, 0.5) is 13.6 Å². The third-order valence-electron chi connectivity index (χ3n) is 4.81. The minimum atomic E-state index is -2.95. The summed E-state index contributed by atoms with van der Waals surface area (Å²) < 4.78 is 35.4. The minimum Gasteiger partial charge on any atom is -0.489 e. The van der Waals surface area contributed by atoms with E-state index in [0.717, 1.165) is 18.4 Å². The molecule has 0 aromatic heterocycles. The number of halogens is 2. The van der Waals surface area contributed by atoms with Crippen LogP contribution in [0.15, 0.2) is 18.2 Å². The highest BCUT2D eigenvalue weighted by Gasteiger charge is 2.36. The maximum atomic E-state index is 12.6. The fraction of sp³-hybridized carbons (Fsp3) is 0.556. The number of nitrogens with zero attached hydrogens (tertiary/aromatic N) is 2. The summed E-state index contributed by atoms with van der Waals surface area (Å²) in [6.07, 6.45) is 1.71. The number of benzene rings is 1. The van der Waals surface area contributed by atoms with E-state index >= 15 is 0 Å². The van der Waals surface area contributed by atoms with Crippen molar-refractivity contribution in [2.75, 3.05) is 13.2 Å². The number of hydrogen-bond acceptors (Lipinski definition) is 4. The van der Waals surface area contributed by atoms with Crippen LogP contribution in [0.25, 0.3) is 0 Å². The first kappa shape index (κ1) is 18.2. The van der Waals surface area contributed by atoms with E-state index < -0.39 is 12.7 Å². The van der Waals surface area contributed by atoms with E-state index in [0.29, 0.717) is 18.9 Å². The molecule has 8 heteroatoms. The maximum absolute atomic E-state index is 12.6. The lowest BCUT2D eigenvalue weighted by Gasteiger charge is -2.18. The van der Waals surface area contributed by atoms with E-state index in [1.807, 2.05) is 6.07 Å². The second-order valence-electron chi connectivity index (χ2n) is 6.72. The zero-order valence-electron chi connectivity index (χ0n) is 14.1. The fourth-order valence-electron chi connectivity index (χ4n) is 3.27. The third kappa shape index (κ3) is 4.34. The van der Waals surface area contributed by atoms with Crippen molar-refractivity contribution in [2.45, 2.75) is 44.3 Å². The van der Waals surface area contributed by atoms with Crippen molar-refractivity contribution >= 4 is 6.09 Å². The normalized spacial score (nSPS) is 22.3. The highest BCUT2D eigenvalue weighted by molar-refractivity contribution is 5.66. The van der Waals surface area contributed by atoms with Crippen LogP contribution in [0.2, 0.25) is 0 Å². The molecule has 0 radical (unpaired) electrons. The van der Waals surface area contributed by atoms with Gasteiger partial charge in [0.1, 0.15) is 0 Å². The molecule has 0 bridgehead atoms. The first-order valence-electron chi connectivity index (χ1n) is 8.56. The van der Waals surface area contributed by atoms with Crippen LogP contribution in [0.5, 0.6) is 11.5 Å². The van der Waals surface area contributed by atoms with Crippen molar-refractivity contribution < 1.29 is 28.2 Å². The molecule has 1 aromatic carbocycles. The summed E-state index contributed by atoms with van der Waals surface area (Å²) in [6, 6.07) is 6.39. The zero-order chi connectivity index (χ0) is 18.7.